The molecule has 0 radical (unpaired) electrons. The average Bonchev–Trinajstić information content (AvgIpc) is 2.49. The first kappa shape index (κ1) is 13.5. The van der Waals surface area contributed by atoms with Crippen LogP contribution in [-0.4, -0.2) is 13.1 Å². The van der Waals surface area contributed by atoms with Gasteiger partial charge in [-0.1, -0.05) is 48.0 Å². The Labute approximate surface area is 126 Å². The van der Waals surface area contributed by atoms with Gasteiger partial charge in [-0.15, -0.1) is 0 Å². The average molecular weight is 286 g/mol. The van der Waals surface area contributed by atoms with Gasteiger partial charge in [0.1, 0.15) is 0 Å². The fourth-order valence-electron chi connectivity index (χ4n) is 3.02. The van der Waals surface area contributed by atoms with Crippen molar-refractivity contribution in [2.24, 2.45) is 5.92 Å². The minimum Gasteiger partial charge on any atom is -0.371 e. The van der Waals surface area contributed by atoms with Gasteiger partial charge in [0, 0.05) is 23.8 Å². The van der Waals surface area contributed by atoms with E-state index in [-0.39, 0.29) is 0 Å². The Kier molecular flexibility index (Phi) is 4.27. The molecule has 0 aliphatic carbocycles. The maximum Gasteiger partial charge on any atom is 0.0426 e. The zero-order valence-corrected chi connectivity index (χ0v) is 12.4. The van der Waals surface area contributed by atoms with E-state index in [0.29, 0.717) is 0 Å². The van der Waals surface area contributed by atoms with E-state index in [4.69, 9.17) is 11.6 Å². The summed E-state index contributed by atoms with van der Waals surface area (Å²) < 4.78 is 0. The molecule has 1 nitrogen and oxygen atoms in total. The largest absolute Gasteiger partial charge is 0.371 e. The molecule has 20 heavy (non-hydrogen) atoms. The number of benzene rings is 2. The predicted octanol–water partition coefficient (Wildman–Crippen LogP) is 4.80. The Morgan fingerprint density at radius 3 is 2.40 bits per heavy atom. The Morgan fingerprint density at radius 2 is 1.70 bits per heavy atom. The van der Waals surface area contributed by atoms with Gasteiger partial charge in [0.25, 0.3) is 0 Å². The first-order valence-corrected chi connectivity index (χ1v) is 7.73. The van der Waals surface area contributed by atoms with Crippen LogP contribution < -0.4 is 4.90 Å². The summed E-state index contributed by atoms with van der Waals surface area (Å²) in [4.78, 5) is 2.45. The van der Waals surface area contributed by atoms with Crippen molar-refractivity contribution in [1.82, 2.24) is 0 Å². The van der Waals surface area contributed by atoms with Gasteiger partial charge in [0.2, 0.25) is 0 Å². The van der Waals surface area contributed by atoms with E-state index in [1.807, 2.05) is 12.1 Å². The molecule has 2 aromatic rings. The summed E-state index contributed by atoms with van der Waals surface area (Å²) in [6.07, 6.45) is 3.74. The highest BCUT2D eigenvalue weighted by molar-refractivity contribution is 6.30. The van der Waals surface area contributed by atoms with Crippen LogP contribution in [0.2, 0.25) is 5.02 Å². The summed E-state index contributed by atoms with van der Waals surface area (Å²) in [6.45, 7) is 2.27. The lowest BCUT2D eigenvalue weighted by atomic mass is 9.90. The predicted molar refractivity (Wildman–Crippen MR) is 86.5 cm³/mol. The van der Waals surface area contributed by atoms with Crippen LogP contribution >= 0.6 is 11.6 Å². The van der Waals surface area contributed by atoms with Crippen molar-refractivity contribution < 1.29 is 0 Å². The molecule has 0 bridgehead atoms. The topological polar surface area (TPSA) is 3.24 Å². The SMILES string of the molecule is Clc1cccc(N2CCC(Cc3ccccc3)CC2)c1. The summed E-state index contributed by atoms with van der Waals surface area (Å²) in [7, 11) is 0. The number of hydrogen-bond donors (Lipinski definition) is 0. The van der Waals surface area contributed by atoms with E-state index >= 15 is 0 Å². The van der Waals surface area contributed by atoms with E-state index in [2.05, 4.69) is 47.4 Å². The monoisotopic (exact) mass is 285 g/mol. The van der Waals surface area contributed by atoms with E-state index in [1.54, 1.807) is 0 Å². The molecule has 0 unspecified atom stereocenters. The van der Waals surface area contributed by atoms with Crippen LogP contribution in [0.5, 0.6) is 0 Å². The van der Waals surface area contributed by atoms with Crippen LogP contribution in [0.3, 0.4) is 0 Å². The van der Waals surface area contributed by atoms with Crippen molar-refractivity contribution in [2.75, 3.05) is 18.0 Å². The van der Waals surface area contributed by atoms with Gasteiger partial charge >= 0.3 is 0 Å². The third kappa shape index (κ3) is 3.34. The zero-order valence-electron chi connectivity index (χ0n) is 11.6. The highest BCUT2D eigenvalue weighted by Crippen LogP contribution is 2.27. The van der Waals surface area contributed by atoms with E-state index < -0.39 is 0 Å². The highest BCUT2D eigenvalue weighted by atomic mass is 35.5. The van der Waals surface area contributed by atoms with Gasteiger partial charge in [0.15, 0.2) is 0 Å². The standard InChI is InChI=1S/C18H20ClN/c19-17-7-4-8-18(14-17)20-11-9-16(10-12-20)13-15-5-2-1-3-6-15/h1-8,14,16H,9-13H2. The molecule has 104 valence electrons. The molecule has 1 heterocycles. The van der Waals surface area contributed by atoms with Crippen LogP contribution in [0.1, 0.15) is 18.4 Å². The first-order valence-electron chi connectivity index (χ1n) is 7.36. The fraction of sp³-hybridized carbons (Fsp3) is 0.333. The third-order valence-corrected chi connectivity index (χ3v) is 4.39. The van der Waals surface area contributed by atoms with Crippen LogP contribution in [0.15, 0.2) is 54.6 Å². The van der Waals surface area contributed by atoms with Crippen molar-refractivity contribution in [2.45, 2.75) is 19.3 Å². The molecule has 0 aromatic heterocycles. The molecule has 1 aliphatic heterocycles. The van der Waals surface area contributed by atoms with Crippen molar-refractivity contribution in [3.8, 4) is 0 Å². The molecule has 2 aromatic carbocycles. The third-order valence-electron chi connectivity index (χ3n) is 4.16. The van der Waals surface area contributed by atoms with Crippen LogP contribution in [0, 0.1) is 5.92 Å². The molecule has 0 atom stereocenters. The summed E-state index contributed by atoms with van der Waals surface area (Å²) in [5.41, 5.74) is 2.73. The van der Waals surface area contributed by atoms with Crippen molar-refractivity contribution in [1.29, 1.82) is 0 Å². The molecule has 0 N–H and O–H groups in total. The minimum absolute atomic E-state index is 0.813. The second-order valence-electron chi connectivity index (χ2n) is 5.60. The molecule has 1 fully saturated rings. The number of hydrogen-bond acceptors (Lipinski definition) is 1. The Balaban J connectivity index is 1.57. The minimum atomic E-state index is 0.813. The number of halogens is 1. The van der Waals surface area contributed by atoms with Gasteiger partial charge < -0.3 is 4.90 Å². The smallest absolute Gasteiger partial charge is 0.0426 e. The lowest BCUT2D eigenvalue weighted by Gasteiger charge is -2.33. The van der Waals surface area contributed by atoms with Gasteiger partial charge in [-0.3, -0.25) is 0 Å². The Morgan fingerprint density at radius 1 is 0.950 bits per heavy atom. The zero-order chi connectivity index (χ0) is 13.8. The molecular weight excluding hydrogens is 266 g/mol. The van der Waals surface area contributed by atoms with Gasteiger partial charge in [-0.2, -0.15) is 0 Å². The molecule has 2 heteroatoms. The lowest BCUT2D eigenvalue weighted by molar-refractivity contribution is 0.404. The van der Waals surface area contributed by atoms with Gasteiger partial charge in [-0.05, 0) is 48.9 Å². The Bertz CT molecular complexity index is 544. The number of anilines is 1. The van der Waals surface area contributed by atoms with Crippen LogP contribution in [-0.2, 0) is 6.42 Å². The van der Waals surface area contributed by atoms with Crippen LogP contribution in [0.25, 0.3) is 0 Å². The van der Waals surface area contributed by atoms with Crippen molar-refractivity contribution >= 4 is 17.3 Å². The van der Waals surface area contributed by atoms with E-state index in [1.165, 1.54) is 30.5 Å². The molecule has 1 aliphatic rings. The molecule has 0 amide bonds. The van der Waals surface area contributed by atoms with Gasteiger partial charge in [-0.25, -0.2) is 0 Å². The lowest BCUT2D eigenvalue weighted by Crippen LogP contribution is -2.34. The molecule has 3 rings (SSSR count). The van der Waals surface area contributed by atoms with E-state index in [0.717, 1.165) is 24.0 Å². The van der Waals surface area contributed by atoms with Crippen molar-refractivity contribution in [3.05, 3.63) is 65.2 Å². The number of piperidine rings is 1. The normalized spacial score (nSPS) is 16.4. The fourth-order valence-corrected chi connectivity index (χ4v) is 3.20. The number of nitrogens with zero attached hydrogens (tertiary/aromatic N) is 1. The first-order chi connectivity index (χ1) is 9.81. The molecular formula is C18H20ClN. The quantitative estimate of drug-likeness (QED) is 0.783. The highest BCUT2D eigenvalue weighted by Gasteiger charge is 2.19. The second kappa shape index (κ2) is 6.32. The molecule has 0 spiro atoms. The summed E-state index contributed by atoms with van der Waals surface area (Å²) in [6, 6.07) is 19.0. The van der Waals surface area contributed by atoms with E-state index in [9.17, 15) is 0 Å². The Hall–Kier alpha value is -1.47. The maximum atomic E-state index is 6.07. The molecule has 1 saturated heterocycles. The summed E-state index contributed by atoms with van der Waals surface area (Å²) in [5, 5.41) is 0.828. The maximum absolute atomic E-state index is 6.07. The van der Waals surface area contributed by atoms with Gasteiger partial charge in [0.05, 0.1) is 0 Å². The summed E-state index contributed by atoms with van der Waals surface area (Å²) in [5.74, 6) is 0.813. The second-order valence-corrected chi connectivity index (χ2v) is 6.04. The summed E-state index contributed by atoms with van der Waals surface area (Å²) >= 11 is 6.07. The molecule has 0 saturated carbocycles. The van der Waals surface area contributed by atoms with Crippen molar-refractivity contribution in [3.63, 3.8) is 0 Å². The number of rotatable bonds is 3. The van der Waals surface area contributed by atoms with Crippen LogP contribution in [0.4, 0.5) is 5.69 Å².